The van der Waals surface area contributed by atoms with Gasteiger partial charge in [-0.2, -0.15) is 0 Å². The molecule has 0 fully saturated rings. The van der Waals surface area contributed by atoms with Crippen molar-refractivity contribution in [1.29, 1.82) is 0 Å². The summed E-state index contributed by atoms with van der Waals surface area (Å²) in [6, 6.07) is 8.02. The summed E-state index contributed by atoms with van der Waals surface area (Å²) in [7, 11) is 4.40. The van der Waals surface area contributed by atoms with Crippen LogP contribution in [0, 0.1) is 0 Å². The Balaban J connectivity index is 2.04. The van der Waals surface area contributed by atoms with Crippen molar-refractivity contribution < 1.29 is 0 Å². The molecule has 2 heteroatoms. The Hall–Kier alpha value is -1.02. The van der Waals surface area contributed by atoms with Gasteiger partial charge in [0.1, 0.15) is 0 Å². The number of nitrogens with one attached hydrogen (secondary N) is 1. The number of hydrogen-bond donors (Lipinski definition) is 1. The van der Waals surface area contributed by atoms with Crippen LogP contribution in [-0.2, 0) is 6.42 Å². The lowest BCUT2D eigenvalue weighted by atomic mass is 9.78. The average Bonchev–Trinajstić information content (AvgIpc) is 2.58. The van der Waals surface area contributed by atoms with Crippen LogP contribution in [0.5, 0.6) is 0 Å². The van der Waals surface area contributed by atoms with Crippen LogP contribution in [0.1, 0.15) is 30.4 Å². The first-order valence-corrected chi connectivity index (χ1v) is 6.21. The van der Waals surface area contributed by atoms with E-state index in [-0.39, 0.29) is 0 Å². The monoisotopic (exact) mass is 216 g/mol. The Bertz CT molecular complexity index is 411. The molecule has 2 nitrogen and oxygen atoms in total. The minimum absolute atomic E-state index is 0.596. The first kappa shape index (κ1) is 10.2. The van der Waals surface area contributed by atoms with E-state index >= 15 is 0 Å². The highest BCUT2D eigenvalue weighted by Gasteiger charge is 2.37. The molecule has 0 saturated carbocycles. The Morgan fingerprint density at radius 1 is 1.31 bits per heavy atom. The van der Waals surface area contributed by atoms with Crippen molar-refractivity contribution in [3.8, 4) is 0 Å². The van der Waals surface area contributed by atoms with Gasteiger partial charge in [-0.3, -0.25) is 0 Å². The van der Waals surface area contributed by atoms with E-state index in [1.54, 1.807) is 11.1 Å². The van der Waals surface area contributed by atoms with Gasteiger partial charge in [0.25, 0.3) is 0 Å². The molecule has 0 radical (unpaired) electrons. The van der Waals surface area contributed by atoms with Crippen LogP contribution in [0.3, 0.4) is 0 Å². The molecule has 0 amide bonds. The van der Waals surface area contributed by atoms with Crippen molar-refractivity contribution in [2.24, 2.45) is 0 Å². The van der Waals surface area contributed by atoms with Gasteiger partial charge in [0.05, 0.1) is 0 Å². The number of nitrogens with zero attached hydrogens (tertiary/aromatic N) is 1. The summed E-state index contributed by atoms with van der Waals surface area (Å²) in [5.74, 6) is 0.715. The molecule has 3 unspecified atom stereocenters. The lowest BCUT2D eigenvalue weighted by molar-refractivity contribution is 0.248. The van der Waals surface area contributed by atoms with Crippen LogP contribution in [0.2, 0.25) is 0 Å². The second-order valence-electron chi connectivity index (χ2n) is 5.48. The number of hydrogen-bond acceptors (Lipinski definition) is 2. The summed E-state index contributed by atoms with van der Waals surface area (Å²) in [6.45, 7) is 2.31. The van der Waals surface area contributed by atoms with Gasteiger partial charge >= 0.3 is 0 Å². The third-order valence-electron chi connectivity index (χ3n) is 4.27. The maximum absolute atomic E-state index is 3.62. The molecular formula is C14H20N2. The summed E-state index contributed by atoms with van der Waals surface area (Å²) in [5, 5.41) is 3.62. The van der Waals surface area contributed by atoms with Gasteiger partial charge in [-0.05, 0) is 51.1 Å². The van der Waals surface area contributed by atoms with Gasteiger partial charge in [-0.15, -0.1) is 0 Å². The van der Waals surface area contributed by atoms with E-state index in [1.165, 1.54) is 18.5 Å². The lowest BCUT2D eigenvalue weighted by Crippen LogP contribution is -2.36. The zero-order valence-corrected chi connectivity index (χ0v) is 10.3. The summed E-state index contributed by atoms with van der Waals surface area (Å²) in [6.07, 6.45) is 2.51. The fourth-order valence-corrected chi connectivity index (χ4v) is 3.30. The summed E-state index contributed by atoms with van der Waals surface area (Å²) in [5.41, 5.74) is 4.55. The molecule has 0 saturated heterocycles. The summed E-state index contributed by atoms with van der Waals surface area (Å²) >= 11 is 0. The van der Waals surface area contributed by atoms with E-state index < -0.39 is 0 Å². The van der Waals surface area contributed by atoms with Crippen LogP contribution in [0.4, 0.5) is 5.69 Å². The molecule has 86 valence electrons. The van der Waals surface area contributed by atoms with E-state index in [0.29, 0.717) is 18.0 Å². The zero-order chi connectivity index (χ0) is 11.3. The molecule has 1 aromatic carbocycles. The Morgan fingerprint density at radius 3 is 2.88 bits per heavy atom. The lowest BCUT2D eigenvalue weighted by Gasteiger charge is -2.34. The van der Waals surface area contributed by atoms with Crippen molar-refractivity contribution in [3.05, 3.63) is 29.3 Å². The molecule has 1 aliphatic heterocycles. The summed E-state index contributed by atoms with van der Waals surface area (Å²) in [4.78, 5) is 2.38. The topological polar surface area (TPSA) is 15.3 Å². The molecule has 1 heterocycles. The molecule has 3 rings (SSSR count). The van der Waals surface area contributed by atoms with Gasteiger partial charge in [0, 0.05) is 23.7 Å². The van der Waals surface area contributed by atoms with Gasteiger partial charge in [0.15, 0.2) is 0 Å². The molecular weight excluding hydrogens is 196 g/mol. The van der Waals surface area contributed by atoms with E-state index in [9.17, 15) is 0 Å². The van der Waals surface area contributed by atoms with Gasteiger partial charge in [0.2, 0.25) is 0 Å². The third kappa shape index (κ3) is 1.36. The Kier molecular flexibility index (Phi) is 2.21. The standard InChI is InChI=1S/C14H20N2/c1-9-12-8-11(16(2)3)7-10-5-4-6-13(15-9)14(10)12/h4-6,9,11-12,15H,7-8H2,1-3H3. The minimum atomic E-state index is 0.596. The molecule has 0 bridgehead atoms. The molecule has 3 atom stereocenters. The fraction of sp³-hybridized carbons (Fsp3) is 0.571. The molecule has 1 N–H and O–H groups in total. The number of rotatable bonds is 1. The highest BCUT2D eigenvalue weighted by Crippen LogP contribution is 2.45. The van der Waals surface area contributed by atoms with E-state index in [2.05, 4.69) is 49.4 Å². The predicted molar refractivity (Wildman–Crippen MR) is 68.1 cm³/mol. The van der Waals surface area contributed by atoms with Gasteiger partial charge < -0.3 is 10.2 Å². The number of likely N-dealkylation sites (N-methyl/N-ethyl adjacent to an activating group) is 1. The molecule has 0 aromatic heterocycles. The van der Waals surface area contributed by atoms with Crippen LogP contribution in [0.15, 0.2) is 18.2 Å². The van der Waals surface area contributed by atoms with Crippen molar-refractivity contribution in [3.63, 3.8) is 0 Å². The third-order valence-corrected chi connectivity index (χ3v) is 4.27. The highest BCUT2D eigenvalue weighted by molar-refractivity contribution is 5.63. The normalized spacial score (nSPS) is 31.4. The fourth-order valence-electron chi connectivity index (χ4n) is 3.30. The maximum atomic E-state index is 3.62. The maximum Gasteiger partial charge on any atom is 0.0381 e. The van der Waals surface area contributed by atoms with Crippen molar-refractivity contribution >= 4 is 5.69 Å². The van der Waals surface area contributed by atoms with E-state index in [0.717, 1.165) is 0 Å². The van der Waals surface area contributed by atoms with Crippen molar-refractivity contribution in [2.45, 2.75) is 37.8 Å². The Labute approximate surface area is 97.6 Å². The number of benzene rings is 1. The molecule has 1 aliphatic carbocycles. The average molecular weight is 216 g/mol. The summed E-state index contributed by atoms with van der Waals surface area (Å²) < 4.78 is 0. The number of anilines is 1. The smallest absolute Gasteiger partial charge is 0.0381 e. The molecule has 0 spiro atoms. The first-order valence-electron chi connectivity index (χ1n) is 6.21. The van der Waals surface area contributed by atoms with Gasteiger partial charge in [-0.1, -0.05) is 12.1 Å². The largest absolute Gasteiger partial charge is 0.382 e. The minimum Gasteiger partial charge on any atom is -0.382 e. The Morgan fingerprint density at radius 2 is 2.12 bits per heavy atom. The first-order chi connectivity index (χ1) is 7.66. The highest BCUT2D eigenvalue weighted by atomic mass is 15.1. The van der Waals surface area contributed by atoms with Crippen LogP contribution < -0.4 is 5.32 Å². The molecule has 1 aromatic rings. The van der Waals surface area contributed by atoms with Crippen LogP contribution in [-0.4, -0.2) is 31.1 Å². The van der Waals surface area contributed by atoms with Crippen LogP contribution in [0.25, 0.3) is 0 Å². The molecule has 16 heavy (non-hydrogen) atoms. The second-order valence-corrected chi connectivity index (χ2v) is 5.48. The van der Waals surface area contributed by atoms with E-state index in [1.807, 2.05) is 0 Å². The van der Waals surface area contributed by atoms with E-state index in [4.69, 9.17) is 0 Å². The van der Waals surface area contributed by atoms with Crippen molar-refractivity contribution in [2.75, 3.05) is 19.4 Å². The second kappa shape index (κ2) is 3.49. The molecule has 2 aliphatic rings. The van der Waals surface area contributed by atoms with Crippen LogP contribution >= 0.6 is 0 Å². The van der Waals surface area contributed by atoms with Crippen molar-refractivity contribution in [1.82, 2.24) is 4.90 Å². The quantitative estimate of drug-likeness (QED) is 0.775. The van der Waals surface area contributed by atoms with Gasteiger partial charge in [-0.25, -0.2) is 0 Å². The SMILES string of the molecule is CC1Nc2cccc3c2C1CC(N(C)C)C3. The zero-order valence-electron chi connectivity index (χ0n) is 10.3. The predicted octanol–water partition coefficient (Wildman–Crippen LogP) is 2.46.